The van der Waals surface area contributed by atoms with E-state index in [1.165, 1.54) is 27.5 Å². The Hall–Kier alpha value is -3.14. The van der Waals surface area contributed by atoms with Crippen LogP contribution in [0.5, 0.6) is 5.75 Å². The molecule has 4 aromatic rings. The van der Waals surface area contributed by atoms with E-state index < -0.39 is 0 Å². The van der Waals surface area contributed by atoms with Crippen LogP contribution in [-0.2, 0) is 6.61 Å². The Bertz CT molecular complexity index is 1110. The van der Waals surface area contributed by atoms with Gasteiger partial charge in [0, 0.05) is 26.2 Å². The first-order valence-electron chi connectivity index (χ1n) is 11.1. The van der Waals surface area contributed by atoms with Crippen LogP contribution in [0.1, 0.15) is 22.7 Å². The number of benzene rings is 4. The first-order chi connectivity index (χ1) is 15.4. The van der Waals surface area contributed by atoms with Gasteiger partial charge in [0.2, 0.25) is 0 Å². The van der Waals surface area contributed by atoms with Gasteiger partial charge in [-0.3, -0.25) is 4.90 Å². The third kappa shape index (κ3) is 4.48. The molecule has 3 nitrogen and oxygen atoms in total. The predicted molar refractivity (Wildman–Crippen MR) is 127 cm³/mol. The van der Waals surface area contributed by atoms with Crippen LogP contribution < -0.4 is 10.1 Å². The molecule has 0 unspecified atom stereocenters. The van der Waals surface area contributed by atoms with Gasteiger partial charge in [-0.1, -0.05) is 84.9 Å². The highest BCUT2D eigenvalue weighted by molar-refractivity contribution is 5.86. The van der Waals surface area contributed by atoms with Gasteiger partial charge in [-0.15, -0.1) is 0 Å². The lowest BCUT2D eigenvalue weighted by molar-refractivity contribution is 0.199. The maximum absolute atomic E-state index is 6.02. The molecule has 1 atom stereocenters. The average molecular weight is 409 g/mol. The number of piperazine rings is 1. The molecule has 31 heavy (non-hydrogen) atoms. The number of hydrogen-bond donors (Lipinski definition) is 1. The minimum Gasteiger partial charge on any atom is -0.489 e. The summed E-state index contributed by atoms with van der Waals surface area (Å²) in [6.45, 7) is 4.73. The average Bonchev–Trinajstić information content (AvgIpc) is 2.85. The van der Waals surface area contributed by atoms with Crippen molar-refractivity contribution < 1.29 is 4.74 Å². The third-order valence-electron chi connectivity index (χ3n) is 6.08. The molecule has 1 heterocycles. The Balaban J connectivity index is 1.45. The van der Waals surface area contributed by atoms with Gasteiger partial charge in [-0.05, 0) is 39.6 Å². The van der Waals surface area contributed by atoms with Crippen molar-refractivity contribution in [3.8, 4) is 5.75 Å². The standard InChI is InChI=1S/C28H28N2O/c1-2-7-22(8-3-1)21-31-25-15-13-24(14-16-25)28(30-19-17-29-18-20-30)27-12-6-10-23-9-4-5-11-26(23)27/h1-16,28-29H,17-21H2/t28-/m1/s1. The van der Waals surface area contributed by atoms with Crippen molar-refractivity contribution in [2.75, 3.05) is 26.2 Å². The number of hydrogen-bond acceptors (Lipinski definition) is 3. The van der Waals surface area contributed by atoms with Crippen molar-refractivity contribution in [3.05, 3.63) is 114 Å². The molecule has 0 saturated carbocycles. The Morgan fingerprint density at radius 2 is 1.45 bits per heavy atom. The number of nitrogens with one attached hydrogen (secondary N) is 1. The van der Waals surface area contributed by atoms with Crippen molar-refractivity contribution in [1.29, 1.82) is 0 Å². The Morgan fingerprint density at radius 3 is 2.26 bits per heavy atom. The minimum atomic E-state index is 0.233. The molecular weight excluding hydrogens is 380 g/mol. The first-order valence-corrected chi connectivity index (χ1v) is 11.1. The van der Waals surface area contributed by atoms with E-state index in [1.54, 1.807) is 0 Å². The normalized spacial score (nSPS) is 15.6. The molecule has 1 aliphatic rings. The van der Waals surface area contributed by atoms with Gasteiger partial charge in [0.15, 0.2) is 0 Å². The van der Waals surface area contributed by atoms with Crippen LogP contribution in [0.2, 0.25) is 0 Å². The van der Waals surface area contributed by atoms with E-state index in [2.05, 4.69) is 89.1 Å². The monoisotopic (exact) mass is 408 g/mol. The van der Waals surface area contributed by atoms with Crippen LogP contribution in [0.3, 0.4) is 0 Å². The van der Waals surface area contributed by atoms with Gasteiger partial charge in [0.25, 0.3) is 0 Å². The number of ether oxygens (including phenoxy) is 1. The van der Waals surface area contributed by atoms with Crippen molar-refractivity contribution >= 4 is 10.8 Å². The SMILES string of the molecule is c1ccc(COc2ccc([C@H](c3cccc4ccccc34)N3CCNCC3)cc2)cc1. The summed E-state index contributed by atoms with van der Waals surface area (Å²) in [7, 11) is 0. The predicted octanol–water partition coefficient (Wildman–Crippen LogP) is 5.41. The van der Waals surface area contributed by atoms with Gasteiger partial charge >= 0.3 is 0 Å². The van der Waals surface area contributed by atoms with Gasteiger partial charge < -0.3 is 10.1 Å². The summed E-state index contributed by atoms with van der Waals surface area (Å²) in [6, 6.07) is 34.6. The highest BCUT2D eigenvalue weighted by atomic mass is 16.5. The molecule has 1 saturated heterocycles. The zero-order chi connectivity index (χ0) is 20.9. The summed E-state index contributed by atoms with van der Waals surface area (Å²) >= 11 is 0. The second kappa shape index (κ2) is 9.34. The quantitative estimate of drug-likeness (QED) is 0.461. The summed E-state index contributed by atoms with van der Waals surface area (Å²) in [5, 5.41) is 6.12. The van der Waals surface area contributed by atoms with E-state index in [0.717, 1.165) is 31.9 Å². The van der Waals surface area contributed by atoms with E-state index in [1.807, 2.05) is 18.2 Å². The van der Waals surface area contributed by atoms with Crippen LogP contribution in [0.25, 0.3) is 10.8 Å². The lowest BCUT2D eigenvalue weighted by atomic mass is 9.92. The maximum atomic E-state index is 6.02. The molecule has 5 rings (SSSR count). The lowest BCUT2D eigenvalue weighted by Crippen LogP contribution is -2.45. The Morgan fingerprint density at radius 1 is 0.742 bits per heavy atom. The number of nitrogens with zero attached hydrogens (tertiary/aromatic N) is 1. The molecule has 0 bridgehead atoms. The van der Waals surface area contributed by atoms with E-state index in [4.69, 9.17) is 4.74 Å². The molecule has 1 fully saturated rings. The lowest BCUT2D eigenvalue weighted by Gasteiger charge is -2.36. The molecule has 4 aromatic carbocycles. The topological polar surface area (TPSA) is 24.5 Å². The summed E-state index contributed by atoms with van der Waals surface area (Å²) < 4.78 is 6.02. The van der Waals surface area contributed by atoms with E-state index >= 15 is 0 Å². The molecule has 0 radical (unpaired) electrons. The summed E-state index contributed by atoms with van der Waals surface area (Å²) in [6.07, 6.45) is 0. The summed E-state index contributed by atoms with van der Waals surface area (Å²) in [5.41, 5.74) is 3.87. The third-order valence-corrected chi connectivity index (χ3v) is 6.08. The van der Waals surface area contributed by atoms with E-state index in [9.17, 15) is 0 Å². The fourth-order valence-electron chi connectivity index (χ4n) is 4.50. The van der Waals surface area contributed by atoms with Gasteiger partial charge in [0.05, 0.1) is 6.04 Å². The minimum absolute atomic E-state index is 0.233. The van der Waals surface area contributed by atoms with Crippen molar-refractivity contribution in [2.45, 2.75) is 12.6 Å². The van der Waals surface area contributed by atoms with Gasteiger partial charge in [0.1, 0.15) is 12.4 Å². The Labute approximate surface area is 184 Å². The molecule has 0 aromatic heterocycles. The highest BCUT2D eigenvalue weighted by Crippen LogP contribution is 2.34. The molecular formula is C28H28N2O. The fourth-order valence-corrected chi connectivity index (χ4v) is 4.50. The zero-order valence-corrected chi connectivity index (χ0v) is 17.7. The summed E-state index contributed by atoms with van der Waals surface area (Å²) in [5.74, 6) is 0.907. The largest absolute Gasteiger partial charge is 0.489 e. The van der Waals surface area contributed by atoms with Crippen molar-refractivity contribution in [3.63, 3.8) is 0 Å². The molecule has 156 valence electrons. The van der Waals surface area contributed by atoms with Crippen LogP contribution in [0, 0.1) is 0 Å². The second-order valence-corrected chi connectivity index (χ2v) is 8.10. The van der Waals surface area contributed by atoms with E-state index in [-0.39, 0.29) is 6.04 Å². The Kier molecular flexibility index (Phi) is 5.96. The smallest absolute Gasteiger partial charge is 0.119 e. The van der Waals surface area contributed by atoms with Gasteiger partial charge in [-0.2, -0.15) is 0 Å². The molecule has 3 heteroatoms. The van der Waals surface area contributed by atoms with Crippen molar-refractivity contribution in [1.82, 2.24) is 10.2 Å². The second-order valence-electron chi connectivity index (χ2n) is 8.10. The molecule has 0 spiro atoms. The summed E-state index contributed by atoms with van der Waals surface area (Å²) in [4.78, 5) is 2.60. The number of fused-ring (bicyclic) bond motifs is 1. The molecule has 1 N–H and O–H groups in total. The number of rotatable bonds is 6. The van der Waals surface area contributed by atoms with Crippen LogP contribution in [0.15, 0.2) is 97.1 Å². The van der Waals surface area contributed by atoms with Crippen LogP contribution >= 0.6 is 0 Å². The van der Waals surface area contributed by atoms with Crippen molar-refractivity contribution in [2.24, 2.45) is 0 Å². The first kappa shape index (κ1) is 19.8. The molecule has 0 amide bonds. The van der Waals surface area contributed by atoms with Gasteiger partial charge in [-0.25, -0.2) is 0 Å². The van der Waals surface area contributed by atoms with Crippen LogP contribution in [-0.4, -0.2) is 31.1 Å². The maximum Gasteiger partial charge on any atom is 0.119 e. The van der Waals surface area contributed by atoms with E-state index in [0.29, 0.717) is 6.61 Å². The molecule has 0 aliphatic carbocycles. The zero-order valence-electron chi connectivity index (χ0n) is 17.7. The molecule has 1 aliphatic heterocycles. The fraction of sp³-hybridized carbons (Fsp3) is 0.214. The van der Waals surface area contributed by atoms with Crippen LogP contribution in [0.4, 0.5) is 0 Å². The highest BCUT2D eigenvalue weighted by Gasteiger charge is 2.25.